The zero-order chi connectivity index (χ0) is 19.6. The highest BCUT2D eigenvalue weighted by Crippen LogP contribution is 2.44. The summed E-state index contributed by atoms with van der Waals surface area (Å²) in [6, 6.07) is 18.3. The lowest BCUT2D eigenvalue weighted by molar-refractivity contribution is 0.0733. The van der Waals surface area contributed by atoms with Gasteiger partial charge in [-0.15, -0.1) is 0 Å². The minimum absolute atomic E-state index is 0.0562. The molecule has 0 saturated carbocycles. The molecule has 6 nitrogen and oxygen atoms in total. The molecule has 1 atom stereocenters. The van der Waals surface area contributed by atoms with Gasteiger partial charge in [-0.3, -0.25) is 4.90 Å². The first-order chi connectivity index (χ1) is 14.3. The molecule has 1 unspecified atom stereocenters. The summed E-state index contributed by atoms with van der Waals surface area (Å²) >= 11 is 0. The molecule has 1 aliphatic carbocycles. The number of fused-ring (bicyclic) bond motifs is 3. The Labute approximate surface area is 169 Å². The van der Waals surface area contributed by atoms with Crippen molar-refractivity contribution in [2.24, 2.45) is 0 Å². The average molecular weight is 386 g/mol. The van der Waals surface area contributed by atoms with Gasteiger partial charge in [0.15, 0.2) is 5.82 Å². The standard InChI is InChI=1S/C23H22N4O2/c28-23(27-13-12-24-14-21(27)22-25-10-5-11-26-22)29-15-20-18-8-3-1-6-16(18)17-7-2-4-9-19(17)20/h1-11,20-21,24H,12-15H2. The predicted octanol–water partition coefficient (Wildman–Crippen LogP) is 3.37. The molecule has 1 saturated heterocycles. The SMILES string of the molecule is O=C(OCC1c2ccccc2-c2ccccc21)N1CCNCC1c1ncccn1. The lowest BCUT2D eigenvalue weighted by atomic mass is 9.98. The zero-order valence-corrected chi connectivity index (χ0v) is 16.0. The third kappa shape index (κ3) is 3.25. The predicted molar refractivity (Wildman–Crippen MR) is 109 cm³/mol. The maximum absolute atomic E-state index is 13.0. The summed E-state index contributed by atoms with van der Waals surface area (Å²) < 4.78 is 5.83. The monoisotopic (exact) mass is 386 g/mol. The van der Waals surface area contributed by atoms with Crippen LogP contribution in [0.15, 0.2) is 67.0 Å². The normalized spacial score (nSPS) is 18.2. The van der Waals surface area contributed by atoms with Crippen LogP contribution in [-0.2, 0) is 4.74 Å². The van der Waals surface area contributed by atoms with Gasteiger partial charge in [0.25, 0.3) is 0 Å². The van der Waals surface area contributed by atoms with Crippen LogP contribution in [0.4, 0.5) is 4.79 Å². The summed E-state index contributed by atoms with van der Waals surface area (Å²) in [6.45, 7) is 2.24. The maximum atomic E-state index is 13.0. The van der Waals surface area contributed by atoms with Crippen LogP contribution in [0.25, 0.3) is 11.1 Å². The first-order valence-corrected chi connectivity index (χ1v) is 9.92. The van der Waals surface area contributed by atoms with Crippen LogP contribution in [0.2, 0.25) is 0 Å². The first kappa shape index (κ1) is 17.8. The van der Waals surface area contributed by atoms with Gasteiger partial charge in [0.2, 0.25) is 0 Å². The van der Waals surface area contributed by atoms with Crippen molar-refractivity contribution in [1.29, 1.82) is 0 Å². The lowest BCUT2D eigenvalue weighted by Crippen LogP contribution is -2.49. The van der Waals surface area contributed by atoms with Gasteiger partial charge >= 0.3 is 6.09 Å². The number of carbonyl (C=O) groups is 1. The van der Waals surface area contributed by atoms with Gasteiger partial charge in [-0.2, -0.15) is 0 Å². The second kappa shape index (κ2) is 7.64. The Morgan fingerprint density at radius 2 is 1.66 bits per heavy atom. The molecule has 1 aromatic heterocycles. The quantitative estimate of drug-likeness (QED) is 0.748. The number of amides is 1. The van der Waals surface area contributed by atoms with E-state index in [0.29, 0.717) is 25.5 Å². The molecule has 6 heteroatoms. The lowest BCUT2D eigenvalue weighted by Gasteiger charge is -2.34. The molecule has 5 rings (SSSR count). The molecule has 0 bridgehead atoms. The second-order valence-electron chi connectivity index (χ2n) is 7.32. The van der Waals surface area contributed by atoms with E-state index in [4.69, 9.17) is 4.74 Å². The topological polar surface area (TPSA) is 67.3 Å². The first-order valence-electron chi connectivity index (χ1n) is 9.92. The van der Waals surface area contributed by atoms with Gasteiger partial charge in [-0.25, -0.2) is 14.8 Å². The van der Waals surface area contributed by atoms with Crippen LogP contribution in [0, 0.1) is 0 Å². The Kier molecular flexibility index (Phi) is 4.69. The van der Waals surface area contributed by atoms with Gasteiger partial charge in [-0.1, -0.05) is 48.5 Å². The Hall–Kier alpha value is -3.25. The number of rotatable bonds is 3. The minimum Gasteiger partial charge on any atom is -0.448 e. The number of hydrogen-bond donors (Lipinski definition) is 1. The van der Waals surface area contributed by atoms with Crippen molar-refractivity contribution in [3.8, 4) is 11.1 Å². The average Bonchev–Trinajstić information content (AvgIpc) is 3.12. The Morgan fingerprint density at radius 1 is 1.00 bits per heavy atom. The number of aromatic nitrogens is 2. The van der Waals surface area contributed by atoms with E-state index in [-0.39, 0.29) is 18.1 Å². The fourth-order valence-electron chi connectivity index (χ4n) is 4.31. The van der Waals surface area contributed by atoms with Crippen molar-refractivity contribution >= 4 is 6.09 Å². The molecule has 1 fully saturated rings. The Bertz CT molecular complexity index is 979. The van der Waals surface area contributed by atoms with E-state index >= 15 is 0 Å². The molecule has 0 spiro atoms. The van der Waals surface area contributed by atoms with Gasteiger partial charge in [-0.05, 0) is 28.3 Å². The fraction of sp³-hybridized carbons (Fsp3) is 0.261. The molecule has 2 heterocycles. The smallest absolute Gasteiger partial charge is 0.410 e. The van der Waals surface area contributed by atoms with Crippen molar-refractivity contribution in [3.63, 3.8) is 0 Å². The number of benzene rings is 2. The molecule has 1 amide bonds. The number of nitrogens with one attached hydrogen (secondary N) is 1. The summed E-state index contributed by atoms with van der Waals surface area (Å²) in [5.41, 5.74) is 4.87. The minimum atomic E-state index is -0.314. The fourth-order valence-corrected chi connectivity index (χ4v) is 4.31. The molecule has 0 radical (unpaired) electrons. The highest BCUT2D eigenvalue weighted by atomic mass is 16.6. The van der Waals surface area contributed by atoms with E-state index in [0.717, 1.165) is 6.54 Å². The van der Waals surface area contributed by atoms with E-state index in [1.807, 2.05) is 12.1 Å². The van der Waals surface area contributed by atoms with Gasteiger partial charge in [0, 0.05) is 37.9 Å². The van der Waals surface area contributed by atoms with Crippen LogP contribution >= 0.6 is 0 Å². The molecule has 146 valence electrons. The van der Waals surface area contributed by atoms with Gasteiger partial charge < -0.3 is 10.1 Å². The van der Waals surface area contributed by atoms with Crippen molar-refractivity contribution in [3.05, 3.63) is 83.9 Å². The van der Waals surface area contributed by atoms with Crippen LogP contribution in [0.1, 0.15) is 28.9 Å². The summed E-state index contributed by atoms with van der Waals surface area (Å²) in [6.07, 6.45) is 3.09. The number of piperazine rings is 1. The molecule has 3 aromatic rings. The molecule has 1 aliphatic heterocycles. The Morgan fingerprint density at radius 3 is 2.34 bits per heavy atom. The second-order valence-corrected chi connectivity index (χ2v) is 7.32. The van der Waals surface area contributed by atoms with E-state index in [9.17, 15) is 4.79 Å². The van der Waals surface area contributed by atoms with E-state index in [1.54, 1.807) is 23.4 Å². The van der Waals surface area contributed by atoms with Gasteiger partial charge in [0.05, 0.1) is 0 Å². The number of carbonyl (C=O) groups excluding carboxylic acids is 1. The molecular weight excluding hydrogens is 364 g/mol. The number of nitrogens with zero attached hydrogens (tertiary/aromatic N) is 3. The number of ether oxygens (including phenoxy) is 1. The van der Waals surface area contributed by atoms with E-state index in [2.05, 4.69) is 51.7 Å². The van der Waals surface area contributed by atoms with Crippen LogP contribution < -0.4 is 5.32 Å². The van der Waals surface area contributed by atoms with Crippen molar-refractivity contribution in [2.45, 2.75) is 12.0 Å². The molecule has 2 aliphatic rings. The highest BCUT2D eigenvalue weighted by molar-refractivity contribution is 5.79. The Balaban J connectivity index is 1.35. The maximum Gasteiger partial charge on any atom is 0.410 e. The van der Waals surface area contributed by atoms with Gasteiger partial charge in [0.1, 0.15) is 12.6 Å². The number of hydrogen-bond acceptors (Lipinski definition) is 5. The highest BCUT2D eigenvalue weighted by Gasteiger charge is 2.33. The third-order valence-corrected chi connectivity index (χ3v) is 5.70. The zero-order valence-electron chi connectivity index (χ0n) is 16.0. The van der Waals surface area contributed by atoms with E-state index < -0.39 is 0 Å². The summed E-state index contributed by atoms with van der Waals surface area (Å²) in [5, 5.41) is 3.31. The molecule has 2 aromatic carbocycles. The molecular formula is C23H22N4O2. The summed E-state index contributed by atoms with van der Waals surface area (Å²) in [4.78, 5) is 23.4. The molecule has 1 N–H and O–H groups in total. The van der Waals surface area contributed by atoms with Crippen molar-refractivity contribution in [1.82, 2.24) is 20.2 Å². The third-order valence-electron chi connectivity index (χ3n) is 5.70. The van der Waals surface area contributed by atoms with Crippen LogP contribution in [-0.4, -0.2) is 47.2 Å². The van der Waals surface area contributed by atoms with Crippen molar-refractivity contribution < 1.29 is 9.53 Å². The van der Waals surface area contributed by atoms with Crippen LogP contribution in [0.3, 0.4) is 0 Å². The van der Waals surface area contributed by atoms with E-state index in [1.165, 1.54) is 22.3 Å². The summed E-state index contributed by atoms with van der Waals surface area (Å²) in [5.74, 6) is 0.689. The van der Waals surface area contributed by atoms with Crippen molar-refractivity contribution in [2.75, 3.05) is 26.2 Å². The van der Waals surface area contributed by atoms with Crippen LogP contribution in [0.5, 0.6) is 0 Å². The largest absolute Gasteiger partial charge is 0.448 e. The molecule has 29 heavy (non-hydrogen) atoms. The summed E-state index contributed by atoms with van der Waals surface area (Å²) in [7, 11) is 0.